The maximum absolute atomic E-state index is 12.7. The first-order valence-corrected chi connectivity index (χ1v) is 17.1. The number of carbonyl (C=O) groups is 2. The van der Waals surface area contributed by atoms with Gasteiger partial charge in [0.05, 0.1) is 12.0 Å². The fourth-order valence-electron chi connectivity index (χ4n) is 5.10. The largest absolute Gasteiger partial charge is 0.465 e. The van der Waals surface area contributed by atoms with Crippen LogP contribution in [-0.2, 0) is 29.2 Å². The maximum atomic E-state index is 12.7. The molecule has 0 amide bonds. The number of esters is 2. The Bertz CT molecular complexity index is 1700. The number of aliphatic hydroxyl groups excluding tert-OH is 1. The van der Waals surface area contributed by atoms with Gasteiger partial charge in [0.2, 0.25) is 6.10 Å². The van der Waals surface area contributed by atoms with E-state index in [0.717, 1.165) is 19.1 Å². The van der Waals surface area contributed by atoms with Gasteiger partial charge in [0.1, 0.15) is 11.1 Å². The second kappa shape index (κ2) is 20.1. The average molecular weight is 917 g/mol. The zero-order chi connectivity index (χ0) is 47.0. The van der Waals surface area contributed by atoms with Gasteiger partial charge in [-0.1, -0.05) is 44.4 Å². The number of carbonyl (C=O) groups excluding carboxylic acids is 2. The summed E-state index contributed by atoms with van der Waals surface area (Å²) in [6.45, 7) is 5.83. The Morgan fingerprint density at radius 1 is 0.797 bits per heavy atom. The van der Waals surface area contributed by atoms with E-state index in [2.05, 4.69) is 29.2 Å². The van der Waals surface area contributed by atoms with E-state index in [4.69, 9.17) is 14.8 Å². The first kappa shape index (κ1) is 55.0. The third-order valence-electron chi connectivity index (χ3n) is 8.26. The number of benzene rings is 1. The fraction of sp³-hybridized carbons (Fsp3) is 0.562. The van der Waals surface area contributed by atoms with Gasteiger partial charge in [0.25, 0.3) is 15.7 Å². The normalized spacial score (nSPS) is 19.0. The van der Waals surface area contributed by atoms with Crippen LogP contribution < -0.4 is 0 Å². The van der Waals surface area contributed by atoms with E-state index in [0.29, 0.717) is 19.3 Å². The molecule has 2 fully saturated rings. The third-order valence-corrected chi connectivity index (χ3v) is 9.13. The van der Waals surface area contributed by atoms with Gasteiger partial charge < -0.3 is 19.7 Å². The van der Waals surface area contributed by atoms with E-state index in [9.17, 15) is 92.6 Å². The lowest BCUT2D eigenvalue weighted by molar-refractivity contribution is -0.373. The van der Waals surface area contributed by atoms with Crippen molar-refractivity contribution in [2.24, 2.45) is 17.8 Å². The minimum Gasteiger partial charge on any atom is -0.465 e. The molecule has 0 spiro atoms. The Balaban J connectivity index is 0.000000784. The van der Waals surface area contributed by atoms with Crippen molar-refractivity contribution in [3.63, 3.8) is 0 Å². The van der Waals surface area contributed by atoms with E-state index in [1.54, 1.807) is 18.2 Å². The summed E-state index contributed by atoms with van der Waals surface area (Å²) in [5.74, 6) is -9.32. The number of aliphatic hydroxyl groups is 2. The monoisotopic (exact) mass is 916 g/mol. The van der Waals surface area contributed by atoms with Crippen molar-refractivity contribution < 1.29 is 117 Å². The van der Waals surface area contributed by atoms with Crippen LogP contribution in [0.3, 0.4) is 0 Å². The van der Waals surface area contributed by atoms with Gasteiger partial charge >= 0.3 is 48.7 Å². The van der Waals surface area contributed by atoms with Crippen molar-refractivity contribution in [1.29, 1.82) is 0 Å². The summed E-state index contributed by atoms with van der Waals surface area (Å²) in [5, 5.41) is 17.3. The Morgan fingerprint density at radius 3 is 1.53 bits per heavy atom. The minimum absolute atomic E-state index is 0.0915. The number of fused-ring (bicyclic) bond motifs is 2. The predicted molar refractivity (Wildman–Crippen MR) is 167 cm³/mol. The van der Waals surface area contributed by atoms with Crippen LogP contribution in [0.1, 0.15) is 37.7 Å². The number of rotatable bonds is 9. The Kier molecular flexibility index (Phi) is 18.7. The molecule has 0 aromatic heterocycles. The maximum Gasteiger partial charge on any atom is 0.426 e. The summed E-state index contributed by atoms with van der Waals surface area (Å²) in [6, 6.07) is 5.78. The van der Waals surface area contributed by atoms with Crippen molar-refractivity contribution in [1.82, 2.24) is 0 Å². The number of ether oxygens (including phenoxy) is 2. The summed E-state index contributed by atoms with van der Waals surface area (Å²) in [7, 11) is -3.20. The van der Waals surface area contributed by atoms with Gasteiger partial charge in [0.15, 0.2) is 6.61 Å². The summed E-state index contributed by atoms with van der Waals surface area (Å²) in [4.78, 5) is 20.6. The number of hydrogen-bond donors (Lipinski definition) is 3. The highest BCUT2D eigenvalue weighted by Gasteiger charge is 2.71. The molecular weight excluding hydrogens is 883 g/mol. The average Bonchev–Trinajstić information content (AvgIpc) is 3.71. The molecule has 2 aliphatic carbocycles. The molecule has 4 atom stereocenters. The Morgan fingerprint density at radius 2 is 1.24 bits per heavy atom. The number of halogens is 17. The SMILES string of the molecule is C=C(C(=O)OC)C(F)(F)F.C=C(C(=O)OCC(F)(F)C(O)C(F)(F)F)C(F)(F)F.C=Cc1ccc(S(=O)(=O)O)cc1.OC(CC1CC2CCC1C2)(C(F)(F)F)C(F)(F)F. The molecular formula is C32H33F17O9S. The van der Waals surface area contributed by atoms with Crippen LogP contribution in [0.25, 0.3) is 6.08 Å². The molecule has 9 nitrogen and oxygen atoms in total. The lowest BCUT2D eigenvalue weighted by Gasteiger charge is -2.36. The van der Waals surface area contributed by atoms with Crippen LogP contribution >= 0.6 is 0 Å². The first-order chi connectivity index (χ1) is 26.2. The van der Waals surface area contributed by atoms with Crippen molar-refractivity contribution in [2.45, 2.75) is 85.5 Å². The molecule has 27 heteroatoms. The number of hydrogen-bond acceptors (Lipinski definition) is 8. The van der Waals surface area contributed by atoms with Gasteiger partial charge in [0, 0.05) is 0 Å². The Labute approximate surface area is 322 Å². The fourth-order valence-corrected chi connectivity index (χ4v) is 5.58. The highest BCUT2D eigenvalue weighted by atomic mass is 32.2. The number of alkyl halides is 17. The van der Waals surface area contributed by atoms with E-state index < -0.39 is 101 Å². The summed E-state index contributed by atoms with van der Waals surface area (Å²) < 4.78 is 243. The molecule has 0 heterocycles. The van der Waals surface area contributed by atoms with Crippen molar-refractivity contribution in [3.05, 3.63) is 60.7 Å². The van der Waals surface area contributed by atoms with Gasteiger partial charge in [-0.05, 0) is 61.1 Å². The molecule has 3 N–H and O–H groups in total. The van der Waals surface area contributed by atoms with Crippen LogP contribution in [-0.4, -0.2) is 97.3 Å². The number of methoxy groups -OCH3 is 1. The summed E-state index contributed by atoms with van der Waals surface area (Å²) >= 11 is 0. The van der Waals surface area contributed by atoms with E-state index in [1.165, 1.54) is 12.1 Å². The quantitative estimate of drug-likeness (QED) is 0.0958. The minimum atomic E-state index is -5.73. The molecule has 2 aliphatic rings. The molecule has 3 rings (SSSR count). The zero-order valence-corrected chi connectivity index (χ0v) is 30.5. The van der Waals surface area contributed by atoms with Crippen molar-refractivity contribution >= 4 is 28.1 Å². The van der Waals surface area contributed by atoms with Gasteiger partial charge in [-0.2, -0.15) is 83.1 Å². The molecule has 1 aromatic rings. The van der Waals surface area contributed by atoms with Crippen molar-refractivity contribution in [2.75, 3.05) is 13.7 Å². The standard InChI is InChI=1S/C11H14F6O.C8H6F8O3.C8H8O3S.C5H5F3O2/c12-10(13,14)9(18,11(15,16)17)5-8-4-6-1-2-7(8)3-6;1-3(7(11,12)13)4(17)19-2-6(9,10)5(18)8(14,15)16;1-2-7-3-5-8(6-4-7)12(9,10)11;1-3(4(9)10-2)5(6,7)8/h6-8,18H,1-5H2;5,18H,1-2H2;2-6H,1H2,(H,9,10,11);1H2,2H3. The van der Waals surface area contributed by atoms with Gasteiger partial charge in [-0.15, -0.1) is 0 Å². The molecule has 2 bridgehead atoms. The lowest BCUT2D eigenvalue weighted by Crippen LogP contribution is -2.58. The lowest BCUT2D eigenvalue weighted by atomic mass is 9.79. The molecule has 2 saturated carbocycles. The molecule has 4 unspecified atom stereocenters. The Hall–Kier alpha value is -3.98. The van der Waals surface area contributed by atoms with Gasteiger partial charge in [-0.25, -0.2) is 9.59 Å². The van der Waals surface area contributed by atoms with Crippen LogP contribution in [0, 0.1) is 17.8 Å². The molecule has 340 valence electrons. The van der Waals surface area contributed by atoms with Crippen molar-refractivity contribution in [3.8, 4) is 0 Å². The van der Waals surface area contributed by atoms with Crippen LogP contribution in [0.4, 0.5) is 74.6 Å². The highest BCUT2D eigenvalue weighted by Crippen LogP contribution is 2.55. The van der Waals surface area contributed by atoms with E-state index in [1.807, 2.05) is 0 Å². The third kappa shape index (κ3) is 16.5. The van der Waals surface area contributed by atoms with Gasteiger partial charge in [-0.3, -0.25) is 4.55 Å². The zero-order valence-electron chi connectivity index (χ0n) is 29.7. The summed E-state index contributed by atoms with van der Waals surface area (Å²) in [6.07, 6.45) is -28.2. The van der Waals surface area contributed by atoms with Crippen LogP contribution in [0.5, 0.6) is 0 Å². The van der Waals surface area contributed by atoms with Crippen LogP contribution in [0.2, 0.25) is 0 Å². The second-order valence-electron chi connectivity index (χ2n) is 12.5. The highest BCUT2D eigenvalue weighted by molar-refractivity contribution is 7.85. The molecule has 0 aliphatic heterocycles. The second-order valence-corrected chi connectivity index (χ2v) is 13.9. The first-order valence-electron chi connectivity index (χ1n) is 15.6. The topological polar surface area (TPSA) is 147 Å². The van der Waals surface area contributed by atoms with Crippen LogP contribution in [0.15, 0.2) is 60.0 Å². The molecule has 1 aromatic carbocycles. The summed E-state index contributed by atoms with van der Waals surface area (Å²) in [5.41, 5.74) is -7.41. The molecule has 59 heavy (non-hydrogen) atoms. The molecule has 0 radical (unpaired) electrons. The predicted octanol–water partition coefficient (Wildman–Crippen LogP) is 8.73. The molecule has 0 saturated heterocycles. The van der Waals surface area contributed by atoms with E-state index in [-0.39, 0.29) is 16.7 Å². The smallest absolute Gasteiger partial charge is 0.426 e. The van der Waals surface area contributed by atoms with E-state index >= 15 is 0 Å².